The Morgan fingerprint density at radius 3 is 2.81 bits per heavy atom. The standard InChI is InChI=1S/C22H25ClN2O6/c1-27-18-9-20-19(29-14-30-20)7-15(18)11-25-5-6-31-22(12-25,10-21(24)26)13-28-17-4-2-3-16(23)8-17/h2-4,7-9H,5-6,10-14H2,1H3,(H2,24,26)/t22-/m0/s1. The predicted octanol–water partition coefficient (Wildman–Crippen LogP) is 2.60. The fourth-order valence-electron chi connectivity index (χ4n) is 3.91. The third-order valence-corrected chi connectivity index (χ3v) is 5.53. The van der Waals surface area contributed by atoms with Crippen LogP contribution in [-0.2, 0) is 16.1 Å². The number of halogens is 1. The molecule has 9 heteroatoms. The number of hydrogen-bond donors (Lipinski definition) is 1. The number of carbonyl (C=O) groups is 1. The third kappa shape index (κ3) is 5.15. The molecule has 0 bridgehead atoms. The molecule has 1 atom stereocenters. The summed E-state index contributed by atoms with van der Waals surface area (Å²) < 4.78 is 28.5. The molecule has 2 aliphatic heterocycles. The summed E-state index contributed by atoms with van der Waals surface area (Å²) in [5, 5.41) is 0.572. The van der Waals surface area contributed by atoms with E-state index >= 15 is 0 Å². The number of methoxy groups -OCH3 is 1. The van der Waals surface area contributed by atoms with Crippen LogP contribution in [0.15, 0.2) is 36.4 Å². The van der Waals surface area contributed by atoms with Crippen molar-refractivity contribution in [1.82, 2.24) is 4.90 Å². The number of amides is 1. The molecule has 1 amide bonds. The number of hydrogen-bond acceptors (Lipinski definition) is 7. The van der Waals surface area contributed by atoms with E-state index in [9.17, 15) is 4.79 Å². The van der Waals surface area contributed by atoms with Gasteiger partial charge in [0.25, 0.3) is 0 Å². The van der Waals surface area contributed by atoms with Crippen molar-refractivity contribution in [2.75, 3.05) is 40.2 Å². The Labute approximate surface area is 185 Å². The monoisotopic (exact) mass is 448 g/mol. The van der Waals surface area contributed by atoms with Crippen LogP contribution >= 0.6 is 11.6 Å². The molecule has 0 radical (unpaired) electrons. The molecule has 0 spiro atoms. The summed E-state index contributed by atoms with van der Waals surface area (Å²) in [5.74, 6) is 2.23. The van der Waals surface area contributed by atoms with Gasteiger partial charge in [-0.15, -0.1) is 0 Å². The molecule has 2 heterocycles. The first kappa shape index (κ1) is 21.5. The molecule has 2 aromatic carbocycles. The topological polar surface area (TPSA) is 92.5 Å². The van der Waals surface area contributed by atoms with Crippen molar-refractivity contribution < 1.29 is 28.5 Å². The van der Waals surface area contributed by atoms with Crippen molar-refractivity contribution >= 4 is 17.5 Å². The first-order valence-electron chi connectivity index (χ1n) is 9.96. The summed E-state index contributed by atoms with van der Waals surface area (Å²) in [7, 11) is 1.62. The van der Waals surface area contributed by atoms with Crippen molar-refractivity contribution in [2.24, 2.45) is 5.73 Å². The number of morpholine rings is 1. The van der Waals surface area contributed by atoms with Gasteiger partial charge in [0.1, 0.15) is 23.7 Å². The van der Waals surface area contributed by atoms with Crippen LogP contribution in [0, 0.1) is 0 Å². The largest absolute Gasteiger partial charge is 0.496 e. The fraction of sp³-hybridized carbons (Fsp3) is 0.409. The zero-order valence-electron chi connectivity index (χ0n) is 17.3. The van der Waals surface area contributed by atoms with E-state index in [1.54, 1.807) is 25.3 Å². The van der Waals surface area contributed by atoms with E-state index in [0.29, 0.717) is 54.3 Å². The first-order chi connectivity index (χ1) is 15.0. The lowest BCUT2D eigenvalue weighted by Gasteiger charge is -2.42. The van der Waals surface area contributed by atoms with Crippen molar-refractivity contribution in [1.29, 1.82) is 0 Å². The molecule has 1 saturated heterocycles. The maximum absolute atomic E-state index is 11.8. The van der Waals surface area contributed by atoms with Gasteiger partial charge < -0.3 is 29.4 Å². The second-order valence-electron chi connectivity index (χ2n) is 7.65. The molecule has 0 aromatic heterocycles. The highest BCUT2D eigenvalue weighted by Crippen LogP contribution is 2.39. The van der Waals surface area contributed by atoms with Crippen molar-refractivity contribution in [2.45, 2.75) is 18.6 Å². The summed E-state index contributed by atoms with van der Waals surface area (Å²) in [6, 6.07) is 10.9. The van der Waals surface area contributed by atoms with Gasteiger partial charge in [-0.3, -0.25) is 9.69 Å². The number of fused-ring (bicyclic) bond motifs is 1. The molecule has 2 N–H and O–H groups in total. The molecular formula is C22H25ClN2O6. The van der Waals surface area contributed by atoms with Crippen LogP contribution < -0.4 is 24.7 Å². The molecule has 1 fully saturated rings. The molecule has 0 aliphatic carbocycles. The fourth-order valence-corrected chi connectivity index (χ4v) is 4.09. The van der Waals surface area contributed by atoms with Crippen LogP contribution in [0.5, 0.6) is 23.0 Å². The van der Waals surface area contributed by atoms with Crippen LogP contribution in [0.3, 0.4) is 0 Å². The highest BCUT2D eigenvalue weighted by Gasteiger charge is 2.39. The van der Waals surface area contributed by atoms with Crippen molar-refractivity contribution in [3.63, 3.8) is 0 Å². The number of benzene rings is 2. The summed E-state index contributed by atoms with van der Waals surface area (Å²) in [6.45, 7) is 2.55. The minimum absolute atomic E-state index is 0.0440. The van der Waals surface area contributed by atoms with Crippen LogP contribution in [0.25, 0.3) is 0 Å². The zero-order valence-corrected chi connectivity index (χ0v) is 18.0. The molecule has 166 valence electrons. The second kappa shape index (κ2) is 9.21. The van der Waals surface area contributed by atoms with Gasteiger partial charge in [0.2, 0.25) is 12.7 Å². The quantitative estimate of drug-likeness (QED) is 0.663. The number of nitrogens with two attached hydrogens (primary N) is 1. The van der Waals surface area contributed by atoms with Crippen LogP contribution in [0.4, 0.5) is 0 Å². The molecule has 2 aliphatic rings. The number of carbonyl (C=O) groups excluding carboxylic acids is 1. The number of nitrogens with zero attached hydrogens (tertiary/aromatic N) is 1. The molecule has 0 unspecified atom stereocenters. The normalized spacial score (nSPS) is 20.5. The highest BCUT2D eigenvalue weighted by atomic mass is 35.5. The van der Waals surface area contributed by atoms with Crippen LogP contribution in [-0.4, -0.2) is 56.6 Å². The lowest BCUT2D eigenvalue weighted by Crippen LogP contribution is -2.56. The van der Waals surface area contributed by atoms with E-state index in [4.69, 9.17) is 41.0 Å². The van der Waals surface area contributed by atoms with E-state index in [1.165, 1.54) is 0 Å². The van der Waals surface area contributed by atoms with Gasteiger partial charge in [-0.25, -0.2) is 0 Å². The Bertz CT molecular complexity index is 956. The first-order valence-corrected chi connectivity index (χ1v) is 10.3. The Kier molecular flexibility index (Phi) is 6.41. The zero-order chi connectivity index (χ0) is 21.8. The maximum Gasteiger partial charge on any atom is 0.231 e. The molecule has 2 aromatic rings. The number of ether oxygens (including phenoxy) is 5. The third-order valence-electron chi connectivity index (χ3n) is 5.29. The Hall–Kier alpha value is -2.68. The van der Waals surface area contributed by atoms with Crippen LogP contribution in [0.1, 0.15) is 12.0 Å². The lowest BCUT2D eigenvalue weighted by atomic mass is 9.97. The smallest absolute Gasteiger partial charge is 0.231 e. The number of primary amides is 1. The van der Waals surface area contributed by atoms with Gasteiger partial charge >= 0.3 is 0 Å². The Morgan fingerprint density at radius 2 is 2.06 bits per heavy atom. The lowest BCUT2D eigenvalue weighted by molar-refractivity contribution is -0.148. The SMILES string of the molecule is COc1cc2c(cc1CN1CCO[C@@](COc3cccc(Cl)c3)(CC(N)=O)C1)OCO2. The van der Waals surface area contributed by atoms with E-state index in [-0.39, 0.29) is 19.8 Å². The average Bonchev–Trinajstić information content (AvgIpc) is 3.19. The molecule has 8 nitrogen and oxygen atoms in total. The second-order valence-corrected chi connectivity index (χ2v) is 8.09. The summed E-state index contributed by atoms with van der Waals surface area (Å²) in [6.07, 6.45) is 0.0440. The molecule has 31 heavy (non-hydrogen) atoms. The minimum atomic E-state index is -0.865. The predicted molar refractivity (Wildman–Crippen MR) is 114 cm³/mol. The minimum Gasteiger partial charge on any atom is -0.496 e. The summed E-state index contributed by atoms with van der Waals surface area (Å²) in [4.78, 5) is 14.0. The Balaban J connectivity index is 1.50. The number of rotatable bonds is 8. The van der Waals surface area contributed by atoms with E-state index in [1.807, 2.05) is 18.2 Å². The summed E-state index contributed by atoms with van der Waals surface area (Å²) in [5.41, 5.74) is 5.63. The van der Waals surface area contributed by atoms with Crippen molar-refractivity contribution in [3.05, 3.63) is 47.0 Å². The van der Waals surface area contributed by atoms with E-state index in [2.05, 4.69) is 4.90 Å². The van der Waals surface area contributed by atoms with Crippen molar-refractivity contribution in [3.8, 4) is 23.0 Å². The van der Waals surface area contributed by atoms with E-state index in [0.717, 1.165) is 5.56 Å². The Morgan fingerprint density at radius 1 is 1.26 bits per heavy atom. The van der Waals surface area contributed by atoms with Gasteiger partial charge in [-0.1, -0.05) is 17.7 Å². The van der Waals surface area contributed by atoms with Gasteiger partial charge in [0.05, 0.1) is 20.1 Å². The molecule has 0 saturated carbocycles. The van der Waals surface area contributed by atoms with Gasteiger partial charge in [-0.2, -0.15) is 0 Å². The molecule has 4 rings (SSSR count). The highest BCUT2D eigenvalue weighted by molar-refractivity contribution is 6.30. The van der Waals surface area contributed by atoms with E-state index < -0.39 is 11.5 Å². The van der Waals surface area contributed by atoms with Gasteiger partial charge in [0.15, 0.2) is 11.5 Å². The van der Waals surface area contributed by atoms with Gasteiger partial charge in [-0.05, 0) is 24.3 Å². The molecular weight excluding hydrogens is 424 g/mol. The average molecular weight is 449 g/mol. The van der Waals surface area contributed by atoms with Gasteiger partial charge in [0, 0.05) is 36.3 Å². The van der Waals surface area contributed by atoms with Crippen LogP contribution in [0.2, 0.25) is 5.02 Å². The maximum atomic E-state index is 11.8. The summed E-state index contributed by atoms with van der Waals surface area (Å²) >= 11 is 6.04.